The van der Waals surface area contributed by atoms with Crippen LogP contribution in [0.25, 0.3) is 0 Å². The Morgan fingerprint density at radius 1 is 0.806 bits per heavy atom. The minimum Gasteiger partial charge on any atom is -0.455 e. The van der Waals surface area contributed by atoms with Gasteiger partial charge >= 0.3 is 0 Å². The fourth-order valence-electron chi connectivity index (χ4n) is 3.12. The van der Waals surface area contributed by atoms with Crippen LogP contribution in [0, 0.1) is 11.6 Å². The van der Waals surface area contributed by atoms with Crippen molar-refractivity contribution < 1.29 is 30.4 Å². The standard InChI is InChI=1S/C24H27F2N3O5S2/c1-4-16-10-11-21(20(26)12-16)27-22-13-17(25)14-23(24(22)29-36(32,33)6-3)34-19-9-7-8-18(15-19)28-35(30,31)5-2/h7-15,27-29H,4-6H2,1-3H3. The number of halogens is 2. The van der Waals surface area contributed by atoms with Gasteiger partial charge in [-0.05, 0) is 56.2 Å². The summed E-state index contributed by atoms with van der Waals surface area (Å²) in [6, 6.07) is 12.4. The molecule has 12 heteroatoms. The number of benzene rings is 3. The van der Waals surface area contributed by atoms with E-state index in [0.717, 1.165) is 17.7 Å². The van der Waals surface area contributed by atoms with Crippen LogP contribution in [0.4, 0.5) is 31.5 Å². The third-order valence-electron chi connectivity index (χ3n) is 5.13. The average Bonchev–Trinajstić information content (AvgIpc) is 2.82. The van der Waals surface area contributed by atoms with Crippen LogP contribution < -0.4 is 19.5 Å². The molecule has 0 spiro atoms. The summed E-state index contributed by atoms with van der Waals surface area (Å²) in [6.45, 7) is 4.78. The normalized spacial score (nSPS) is 11.7. The van der Waals surface area contributed by atoms with Crippen LogP contribution in [0.3, 0.4) is 0 Å². The van der Waals surface area contributed by atoms with Gasteiger partial charge in [0.15, 0.2) is 5.75 Å². The van der Waals surface area contributed by atoms with Gasteiger partial charge in [0.1, 0.15) is 23.1 Å². The second kappa shape index (κ2) is 11.1. The number of hydrogen-bond donors (Lipinski definition) is 3. The zero-order valence-corrected chi connectivity index (χ0v) is 21.6. The van der Waals surface area contributed by atoms with Crippen molar-refractivity contribution in [2.24, 2.45) is 0 Å². The fraction of sp³-hybridized carbons (Fsp3) is 0.250. The lowest BCUT2D eigenvalue weighted by atomic mass is 10.1. The highest BCUT2D eigenvalue weighted by Crippen LogP contribution is 2.40. The lowest BCUT2D eigenvalue weighted by molar-refractivity contribution is 0.479. The minimum atomic E-state index is -3.85. The average molecular weight is 540 g/mol. The van der Waals surface area contributed by atoms with Gasteiger partial charge in [-0.1, -0.05) is 19.1 Å². The van der Waals surface area contributed by atoms with Crippen molar-refractivity contribution in [3.8, 4) is 11.5 Å². The van der Waals surface area contributed by atoms with Crippen LogP contribution in [-0.2, 0) is 26.5 Å². The number of rotatable bonds is 11. The number of sulfonamides is 2. The van der Waals surface area contributed by atoms with Crippen molar-refractivity contribution in [3.05, 3.63) is 71.8 Å². The van der Waals surface area contributed by atoms with Crippen molar-refractivity contribution in [1.82, 2.24) is 0 Å². The summed E-state index contributed by atoms with van der Waals surface area (Å²) in [5.41, 5.74) is 0.756. The third kappa shape index (κ3) is 7.08. The van der Waals surface area contributed by atoms with Crippen molar-refractivity contribution in [3.63, 3.8) is 0 Å². The molecule has 3 aromatic carbocycles. The molecule has 0 radical (unpaired) electrons. The fourth-order valence-corrected chi connectivity index (χ4v) is 4.42. The molecule has 0 fully saturated rings. The molecule has 0 aromatic heterocycles. The number of nitrogens with one attached hydrogen (secondary N) is 3. The molecule has 3 N–H and O–H groups in total. The highest BCUT2D eigenvalue weighted by molar-refractivity contribution is 7.92. The summed E-state index contributed by atoms with van der Waals surface area (Å²) < 4.78 is 88.4. The van der Waals surface area contributed by atoms with Crippen LogP contribution in [0.1, 0.15) is 26.3 Å². The number of aryl methyl sites for hydroxylation is 1. The van der Waals surface area contributed by atoms with Gasteiger partial charge in [-0.3, -0.25) is 9.44 Å². The van der Waals surface area contributed by atoms with E-state index in [4.69, 9.17) is 4.74 Å². The summed E-state index contributed by atoms with van der Waals surface area (Å²) in [4.78, 5) is 0. The minimum absolute atomic E-state index is 0.0108. The molecule has 194 valence electrons. The second-order valence-electron chi connectivity index (χ2n) is 7.76. The van der Waals surface area contributed by atoms with Crippen LogP contribution in [-0.4, -0.2) is 28.3 Å². The first-order valence-electron chi connectivity index (χ1n) is 11.1. The van der Waals surface area contributed by atoms with Crippen molar-refractivity contribution in [2.75, 3.05) is 26.3 Å². The third-order valence-corrected chi connectivity index (χ3v) is 7.71. The van der Waals surface area contributed by atoms with E-state index in [0.29, 0.717) is 6.42 Å². The molecule has 0 amide bonds. The molecule has 0 unspecified atom stereocenters. The molecule has 36 heavy (non-hydrogen) atoms. The Morgan fingerprint density at radius 2 is 1.50 bits per heavy atom. The maximum atomic E-state index is 14.6. The molecule has 8 nitrogen and oxygen atoms in total. The zero-order chi connectivity index (χ0) is 26.5. The summed E-state index contributed by atoms with van der Waals surface area (Å²) in [5.74, 6) is -1.90. The first kappa shape index (κ1) is 27.2. The zero-order valence-electron chi connectivity index (χ0n) is 19.9. The monoisotopic (exact) mass is 539 g/mol. The van der Waals surface area contributed by atoms with Crippen LogP contribution in [0.15, 0.2) is 54.6 Å². The van der Waals surface area contributed by atoms with Gasteiger partial charge < -0.3 is 10.1 Å². The Bertz CT molecular complexity index is 1460. The highest BCUT2D eigenvalue weighted by Gasteiger charge is 2.20. The summed E-state index contributed by atoms with van der Waals surface area (Å²) in [6.07, 6.45) is 0.615. The van der Waals surface area contributed by atoms with Crippen LogP contribution >= 0.6 is 0 Å². The lowest BCUT2D eigenvalue weighted by Crippen LogP contribution is -2.16. The highest BCUT2D eigenvalue weighted by atomic mass is 32.2. The van der Waals surface area contributed by atoms with Crippen molar-refractivity contribution >= 4 is 42.8 Å². The van der Waals surface area contributed by atoms with Gasteiger partial charge in [0.2, 0.25) is 20.0 Å². The Hall–Kier alpha value is -3.38. The molecule has 3 aromatic rings. The first-order chi connectivity index (χ1) is 16.9. The van der Waals surface area contributed by atoms with E-state index in [1.54, 1.807) is 6.07 Å². The van der Waals surface area contributed by atoms with Gasteiger partial charge in [0.25, 0.3) is 0 Å². The van der Waals surface area contributed by atoms with E-state index in [1.165, 1.54) is 50.2 Å². The van der Waals surface area contributed by atoms with Crippen LogP contribution in [0.5, 0.6) is 11.5 Å². The van der Waals surface area contributed by atoms with E-state index >= 15 is 0 Å². The Balaban J connectivity index is 2.06. The summed E-state index contributed by atoms with van der Waals surface area (Å²) in [7, 11) is -7.41. The smallest absolute Gasteiger partial charge is 0.232 e. The molecule has 0 atom stereocenters. The van der Waals surface area contributed by atoms with Gasteiger partial charge in [-0.2, -0.15) is 0 Å². The molecule has 0 aliphatic heterocycles. The summed E-state index contributed by atoms with van der Waals surface area (Å²) >= 11 is 0. The second-order valence-corrected chi connectivity index (χ2v) is 11.8. The molecule has 0 heterocycles. The van der Waals surface area contributed by atoms with Crippen LogP contribution in [0.2, 0.25) is 0 Å². The number of anilines is 4. The van der Waals surface area contributed by atoms with Crippen molar-refractivity contribution in [1.29, 1.82) is 0 Å². The molecule has 0 bridgehead atoms. The van der Waals surface area contributed by atoms with E-state index in [1.807, 2.05) is 6.92 Å². The Kier molecular flexibility index (Phi) is 8.41. The molecule has 3 rings (SSSR count). The maximum Gasteiger partial charge on any atom is 0.232 e. The quantitative estimate of drug-likeness (QED) is 0.293. The Labute approximate surface area is 209 Å². The molecule has 0 aliphatic carbocycles. The topological polar surface area (TPSA) is 114 Å². The SMILES string of the molecule is CCc1ccc(Nc2cc(F)cc(Oc3cccc(NS(=O)(=O)CC)c3)c2NS(=O)(=O)CC)c(F)c1. The van der Waals surface area contributed by atoms with Gasteiger partial charge in [-0.25, -0.2) is 25.6 Å². The lowest BCUT2D eigenvalue weighted by Gasteiger charge is -2.19. The first-order valence-corrected chi connectivity index (χ1v) is 14.4. The number of hydrogen-bond acceptors (Lipinski definition) is 6. The predicted octanol–water partition coefficient (Wildman–Crippen LogP) is 5.59. The molecular weight excluding hydrogens is 512 g/mol. The molecular formula is C24H27F2N3O5S2. The molecule has 0 saturated heterocycles. The van der Waals surface area contributed by atoms with Gasteiger partial charge in [-0.15, -0.1) is 0 Å². The Morgan fingerprint density at radius 3 is 2.14 bits per heavy atom. The van der Waals surface area contributed by atoms with Crippen molar-refractivity contribution in [2.45, 2.75) is 27.2 Å². The molecule has 0 aliphatic rings. The maximum absolute atomic E-state index is 14.6. The van der Waals surface area contributed by atoms with E-state index in [2.05, 4.69) is 14.8 Å². The van der Waals surface area contributed by atoms with Gasteiger partial charge in [0, 0.05) is 12.1 Å². The van der Waals surface area contributed by atoms with E-state index < -0.39 is 31.7 Å². The predicted molar refractivity (Wildman–Crippen MR) is 138 cm³/mol. The largest absolute Gasteiger partial charge is 0.455 e. The summed E-state index contributed by atoms with van der Waals surface area (Å²) in [5, 5.41) is 2.74. The molecule has 0 saturated carbocycles. The van der Waals surface area contributed by atoms with E-state index in [9.17, 15) is 25.6 Å². The number of ether oxygens (including phenoxy) is 1. The van der Waals surface area contributed by atoms with Gasteiger partial charge in [0.05, 0.1) is 28.6 Å². The van der Waals surface area contributed by atoms with E-state index in [-0.39, 0.29) is 45.8 Å².